The highest BCUT2D eigenvalue weighted by Crippen LogP contribution is 2.14. The fourth-order valence-corrected chi connectivity index (χ4v) is 1.36. The van der Waals surface area contributed by atoms with Gasteiger partial charge in [0.15, 0.2) is 0 Å². The minimum atomic E-state index is -0.645. The Bertz CT molecular complexity index is 422. The van der Waals surface area contributed by atoms with E-state index in [1.165, 1.54) is 0 Å². The van der Waals surface area contributed by atoms with Crippen LogP contribution in [0.2, 0.25) is 0 Å². The Morgan fingerprint density at radius 3 is 2.53 bits per heavy atom. The summed E-state index contributed by atoms with van der Waals surface area (Å²) in [6.07, 6.45) is 2.67. The van der Waals surface area contributed by atoms with Crippen LogP contribution in [-0.2, 0) is 0 Å². The van der Waals surface area contributed by atoms with Gasteiger partial charge in [-0.2, -0.15) is 0 Å². The number of hydrogen-bond acceptors (Lipinski definition) is 3. The molecule has 0 radical (unpaired) electrons. The van der Waals surface area contributed by atoms with Crippen LogP contribution in [0.5, 0.6) is 5.75 Å². The standard InChI is InChI=1S/C13H13NO2.ClH/c15-13(11-5-4-8-14-9-11)10-16-12-6-2-1-3-7-12;/h1-9,13,15H,10H2;1H. The van der Waals surface area contributed by atoms with Crippen molar-refractivity contribution in [2.75, 3.05) is 6.61 Å². The molecule has 0 saturated carbocycles. The monoisotopic (exact) mass is 251 g/mol. The number of halogens is 1. The second-order valence-electron chi connectivity index (χ2n) is 3.43. The molecule has 4 heteroatoms. The first kappa shape index (κ1) is 13.5. The zero-order chi connectivity index (χ0) is 11.2. The van der Waals surface area contributed by atoms with Crippen molar-refractivity contribution in [2.45, 2.75) is 6.10 Å². The summed E-state index contributed by atoms with van der Waals surface area (Å²) in [5.74, 6) is 0.755. The number of rotatable bonds is 4. The minimum Gasteiger partial charge on any atom is -0.491 e. The topological polar surface area (TPSA) is 42.4 Å². The molecule has 0 saturated heterocycles. The summed E-state index contributed by atoms with van der Waals surface area (Å²) in [6.45, 7) is 0.232. The zero-order valence-corrected chi connectivity index (χ0v) is 10.0. The number of para-hydroxylation sites is 1. The van der Waals surface area contributed by atoms with Gasteiger partial charge in [-0.25, -0.2) is 0 Å². The number of hydrogen-bond donors (Lipinski definition) is 1. The van der Waals surface area contributed by atoms with Gasteiger partial charge in [-0.1, -0.05) is 24.3 Å². The number of benzene rings is 1. The number of aliphatic hydroxyl groups excluding tert-OH is 1. The van der Waals surface area contributed by atoms with Gasteiger partial charge in [0.2, 0.25) is 0 Å². The summed E-state index contributed by atoms with van der Waals surface area (Å²) >= 11 is 0. The summed E-state index contributed by atoms with van der Waals surface area (Å²) in [7, 11) is 0. The Labute approximate surface area is 106 Å². The zero-order valence-electron chi connectivity index (χ0n) is 9.19. The van der Waals surface area contributed by atoms with Crippen LogP contribution in [0.15, 0.2) is 54.9 Å². The van der Waals surface area contributed by atoms with E-state index in [-0.39, 0.29) is 19.0 Å². The third kappa shape index (κ3) is 4.06. The molecule has 0 spiro atoms. The smallest absolute Gasteiger partial charge is 0.119 e. The van der Waals surface area contributed by atoms with Crippen LogP contribution in [0.4, 0.5) is 0 Å². The van der Waals surface area contributed by atoms with Crippen LogP contribution in [-0.4, -0.2) is 16.7 Å². The van der Waals surface area contributed by atoms with E-state index in [9.17, 15) is 5.11 Å². The van der Waals surface area contributed by atoms with E-state index >= 15 is 0 Å². The maximum absolute atomic E-state index is 9.82. The number of pyridine rings is 1. The van der Waals surface area contributed by atoms with E-state index in [4.69, 9.17) is 4.74 Å². The van der Waals surface area contributed by atoms with E-state index in [0.29, 0.717) is 0 Å². The van der Waals surface area contributed by atoms with Crippen molar-refractivity contribution in [2.24, 2.45) is 0 Å². The molecule has 17 heavy (non-hydrogen) atoms. The lowest BCUT2D eigenvalue weighted by Gasteiger charge is -2.11. The van der Waals surface area contributed by atoms with E-state index < -0.39 is 6.10 Å². The Morgan fingerprint density at radius 2 is 1.88 bits per heavy atom. The predicted molar refractivity (Wildman–Crippen MR) is 68.4 cm³/mol. The van der Waals surface area contributed by atoms with Crippen LogP contribution in [0.1, 0.15) is 11.7 Å². The molecule has 2 aromatic rings. The summed E-state index contributed by atoms with van der Waals surface area (Å²) in [6, 6.07) is 13.0. The second kappa shape index (κ2) is 6.89. The predicted octanol–water partition coefficient (Wildman–Crippen LogP) is 2.62. The molecular weight excluding hydrogens is 238 g/mol. The van der Waals surface area contributed by atoms with Gasteiger partial charge in [-0.05, 0) is 18.2 Å². The van der Waals surface area contributed by atoms with Gasteiger partial charge in [-0.3, -0.25) is 4.98 Å². The fraction of sp³-hybridized carbons (Fsp3) is 0.154. The Morgan fingerprint density at radius 1 is 1.12 bits per heavy atom. The fourth-order valence-electron chi connectivity index (χ4n) is 1.36. The van der Waals surface area contributed by atoms with Gasteiger partial charge in [0, 0.05) is 18.0 Å². The first-order valence-electron chi connectivity index (χ1n) is 5.12. The lowest BCUT2D eigenvalue weighted by molar-refractivity contribution is 0.108. The molecule has 1 unspecified atom stereocenters. The molecule has 1 heterocycles. The first-order valence-corrected chi connectivity index (χ1v) is 5.12. The largest absolute Gasteiger partial charge is 0.491 e. The SMILES string of the molecule is Cl.OC(COc1ccccc1)c1cccnc1. The number of aromatic nitrogens is 1. The highest BCUT2D eigenvalue weighted by atomic mass is 35.5. The van der Waals surface area contributed by atoms with Crippen molar-refractivity contribution in [3.8, 4) is 5.75 Å². The highest BCUT2D eigenvalue weighted by Gasteiger charge is 2.07. The molecule has 1 aromatic carbocycles. The van der Waals surface area contributed by atoms with E-state index in [2.05, 4.69) is 4.98 Å². The molecule has 1 N–H and O–H groups in total. The summed E-state index contributed by atoms with van der Waals surface area (Å²) in [5.41, 5.74) is 0.762. The summed E-state index contributed by atoms with van der Waals surface area (Å²) < 4.78 is 5.44. The van der Waals surface area contributed by atoms with Crippen molar-refractivity contribution in [1.29, 1.82) is 0 Å². The van der Waals surface area contributed by atoms with E-state index in [1.54, 1.807) is 18.5 Å². The summed E-state index contributed by atoms with van der Waals surface area (Å²) in [5, 5.41) is 9.82. The lowest BCUT2D eigenvalue weighted by atomic mass is 10.2. The van der Waals surface area contributed by atoms with Gasteiger partial charge in [-0.15, -0.1) is 12.4 Å². The van der Waals surface area contributed by atoms with E-state index in [1.807, 2.05) is 36.4 Å². The van der Waals surface area contributed by atoms with Gasteiger partial charge in [0.25, 0.3) is 0 Å². The van der Waals surface area contributed by atoms with Crippen molar-refractivity contribution in [3.05, 3.63) is 60.4 Å². The molecule has 0 aliphatic carbocycles. The van der Waals surface area contributed by atoms with Crippen LogP contribution >= 0.6 is 12.4 Å². The third-order valence-corrected chi connectivity index (χ3v) is 2.22. The number of ether oxygens (including phenoxy) is 1. The molecule has 0 amide bonds. The van der Waals surface area contributed by atoms with Gasteiger partial charge in [0.1, 0.15) is 18.5 Å². The normalized spacial score (nSPS) is 11.4. The maximum atomic E-state index is 9.82. The van der Waals surface area contributed by atoms with Crippen LogP contribution in [0.25, 0.3) is 0 Å². The maximum Gasteiger partial charge on any atom is 0.119 e. The van der Waals surface area contributed by atoms with Crippen LogP contribution < -0.4 is 4.74 Å². The molecule has 3 nitrogen and oxygen atoms in total. The Balaban J connectivity index is 0.00000144. The van der Waals surface area contributed by atoms with Gasteiger partial charge >= 0.3 is 0 Å². The van der Waals surface area contributed by atoms with Crippen molar-refractivity contribution < 1.29 is 9.84 Å². The Hall–Kier alpha value is -1.58. The number of aliphatic hydroxyl groups is 1. The highest BCUT2D eigenvalue weighted by molar-refractivity contribution is 5.85. The molecular formula is C13H14ClNO2. The average Bonchev–Trinajstić information content (AvgIpc) is 2.38. The van der Waals surface area contributed by atoms with Crippen molar-refractivity contribution in [3.63, 3.8) is 0 Å². The number of nitrogens with zero attached hydrogens (tertiary/aromatic N) is 1. The van der Waals surface area contributed by atoms with Gasteiger partial charge < -0.3 is 9.84 Å². The van der Waals surface area contributed by atoms with Crippen LogP contribution in [0.3, 0.4) is 0 Å². The molecule has 0 aliphatic heterocycles. The lowest BCUT2D eigenvalue weighted by Crippen LogP contribution is -2.09. The van der Waals surface area contributed by atoms with Crippen LogP contribution in [0, 0.1) is 0 Å². The quantitative estimate of drug-likeness (QED) is 0.908. The minimum absolute atomic E-state index is 0. The average molecular weight is 252 g/mol. The van der Waals surface area contributed by atoms with Crippen molar-refractivity contribution in [1.82, 2.24) is 4.98 Å². The molecule has 0 fully saturated rings. The van der Waals surface area contributed by atoms with Crippen molar-refractivity contribution >= 4 is 12.4 Å². The molecule has 2 rings (SSSR count). The molecule has 90 valence electrons. The molecule has 1 atom stereocenters. The molecule has 0 aliphatic rings. The van der Waals surface area contributed by atoms with E-state index in [0.717, 1.165) is 11.3 Å². The molecule has 0 bridgehead atoms. The second-order valence-corrected chi connectivity index (χ2v) is 3.43. The molecule has 1 aromatic heterocycles. The first-order chi connectivity index (χ1) is 7.86. The third-order valence-electron chi connectivity index (χ3n) is 2.22. The summed E-state index contributed by atoms with van der Waals surface area (Å²) in [4.78, 5) is 3.95. The Kier molecular flexibility index (Phi) is 5.46. The van der Waals surface area contributed by atoms with Gasteiger partial charge in [0.05, 0.1) is 0 Å².